The van der Waals surface area contributed by atoms with E-state index in [0.717, 1.165) is 22.6 Å². The summed E-state index contributed by atoms with van der Waals surface area (Å²) in [5.41, 5.74) is 2.72. The van der Waals surface area contributed by atoms with Crippen LogP contribution < -0.4 is 20.1 Å². The fourth-order valence-electron chi connectivity index (χ4n) is 3.15. The van der Waals surface area contributed by atoms with Crippen LogP contribution in [0.15, 0.2) is 60.7 Å². The maximum Gasteiger partial charge on any atom is 0.320 e. The average molecular weight is 376 g/mol. The van der Waals surface area contributed by atoms with Crippen LogP contribution in [-0.2, 0) is 6.42 Å². The number of carbonyl (C=O) groups excluding carboxylic acids is 1. The van der Waals surface area contributed by atoms with Gasteiger partial charge in [-0.1, -0.05) is 42.5 Å². The van der Waals surface area contributed by atoms with Gasteiger partial charge in [0.15, 0.2) is 17.3 Å². The molecule has 0 saturated heterocycles. The third kappa shape index (κ3) is 3.88. The number of nitrogens with one attached hydrogen (secondary N) is 2. The maximum absolute atomic E-state index is 12.3. The molecule has 7 nitrogen and oxygen atoms in total. The number of hydrogen-bond donors (Lipinski definition) is 2. The molecule has 1 atom stereocenters. The second kappa shape index (κ2) is 7.96. The summed E-state index contributed by atoms with van der Waals surface area (Å²) in [6.45, 7) is 0.374. The highest BCUT2D eigenvalue weighted by atomic mass is 16.5. The first kappa shape index (κ1) is 17.8. The first-order chi connectivity index (χ1) is 13.7. The summed E-state index contributed by atoms with van der Waals surface area (Å²) in [6.07, 6.45) is 0.665. The summed E-state index contributed by atoms with van der Waals surface area (Å²) < 4.78 is 11.1. The molecule has 2 amide bonds. The van der Waals surface area contributed by atoms with Gasteiger partial charge in [0, 0.05) is 11.1 Å². The van der Waals surface area contributed by atoms with E-state index >= 15 is 0 Å². The molecule has 1 aliphatic heterocycles. The summed E-state index contributed by atoms with van der Waals surface area (Å²) in [6, 6.07) is 18.5. The molecular weight excluding hydrogens is 356 g/mol. The Morgan fingerprint density at radius 1 is 1.07 bits per heavy atom. The molecule has 0 saturated carbocycles. The summed E-state index contributed by atoms with van der Waals surface area (Å²) in [7, 11) is 1.61. The van der Waals surface area contributed by atoms with Crippen molar-refractivity contribution >= 4 is 11.8 Å². The van der Waals surface area contributed by atoms with E-state index in [4.69, 9.17) is 9.47 Å². The van der Waals surface area contributed by atoms with Gasteiger partial charge >= 0.3 is 6.03 Å². The predicted molar refractivity (Wildman–Crippen MR) is 106 cm³/mol. The van der Waals surface area contributed by atoms with Crippen LogP contribution in [0.1, 0.15) is 5.56 Å². The molecule has 0 spiro atoms. The lowest BCUT2D eigenvalue weighted by Crippen LogP contribution is -2.44. The van der Waals surface area contributed by atoms with Gasteiger partial charge in [0.2, 0.25) is 0 Å². The number of anilines is 1. The van der Waals surface area contributed by atoms with E-state index in [-0.39, 0.29) is 12.1 Å². The largest absolute Gasteiger partial charge is 0.493 e. The monoisotopic (exact) mass is 376 g/mol. The standard InChI is InChI=1S/C21H20N4O3/c1-27-18-9-5-8-15-12-16(13-28-20(15)18)22-21(26)23-19-11-10-17(24-25-19)14-6-3-2-4-7-14/h2-11,16H,12-13H2,1H3,(H2,22,23,25,26). The molecule has 3 aromatic rings. The van der Waals surface area contributed by atoms with Gasteiger partial charge in [0.25, 0.3) is 0 Å². The molecule has 0 radical (unpaired) electrons. The molecule has 7 heteroatoms. The highest BCUT2D eigenvalue weighted by molar-refractivity contribution is 5.88. The molecule has 1 unspecified atom stereocenters. The molecule has 2 aromatic carbocycles. The van der Waals surface area contributed by atoms with E-state index < -0.39 is 0 Å². The van der Waals surface area contributed by atoms with E-state index in [1.807, 2.05) is 54.6 Å². The van der Waals surface area contributed by atoms with Crippen molar-refractivity contribution in [1.29, 1.82) is 0 Å². The van der Waals surface area contributed by atoms with Crippen LogP contribution >= 0.6 is 0 Å². The van der Waals surface area contributed by atoms with Crippen molar-refractivity contribution in [2.75, 3.05) is 19.0 Å². The van der Waals surface area contributed by atoms with Gasteiger partial charge in [-0.15, -0.1) is 10.2 Å². The van der Waals surface area contributed by atoms with Crippen LogP contribution in [0.5, 0.6) is 11.5 Å². The van der Waals surface area contributed by atoms with E-state index in [2.05, 4.69) is 20.8 Å². The molecule has 2 heterocycles. The number of para-hydroxylation sites is 1. The van der Waals surface area contributed by atoms with Crippen molar-refractivity contribution in [1.82, 2.24) is 15.5 Å². The smallest absolute Gasteiger partial charge is 0.320 e. The van der Waals surface area contributed by atoms with Crippen molar-refractivity contribution in [3.05, 3.63) is 66.2 Å². The highest BCUT2D eigenvalue weighted by Gasteiger charge is 2.24. The molecule has 1 aliphatic rings. The molecule has 0 bridgehead atoms. The SMILES string of the molecule is COc1cccc2c1OCC(NC(=O)Nc1ccc(-c3ccccc3)nn1)C2. The first-order valence-electron chi connectivity index (χ1n) is 8.98. The third-order valence-electron chi connectivity index (χ3n) is 4.49. The lowest BCUT2D eigenvalue weighted by atomic mass is 10.0. The Morgan fingerprint density at radius 2 is 1.93 bits per heavy atom. The first-order valence-corrected chi connectivity index (χ1v) is 8.98. The van der Waals surface area contributed by atoms with Crippen LogP contribution in [0.4, 0.5) is 10.6 Å². The zero-order chi connectivity index (χ0) is 19.3. The third-order valence-corrected chi connectivity index (χ3v) is 4.49. The molecule has 0 fully saturated rings. The normalized spacial score (nSPS) is 15.1. The number of aromatic nitrogens is 2. The minimum atomic E-state index is -0.346. The second-order valence-electron chi connectivity index (χ2n) is 6.43. The van der Waals surface area contributed by atoms with E-state index in [9.17, 15) is 4.79 Å². The van der Waals surface area contributed by atoms with Gasteiger partial charge in [-0.05, 0) is 24.6 Å². The topological polar surface area (TPSA) is 85.4 Å². The molecule has 0 aliphatic carbocycles. The van der Waals surface area contributed by atoms with Gasteiger partial charge in [0.1, 0.15) is 6.61 Å². The molecule has 2 N–H and O–H groups in total. The molecular formula is C21H20N4O3. The van der Waals surface area contributed by atoms with Crippen LogP contribution in [0.2, 0.25) is 0 Å². The van der Waals surface area contributed by atoms with Crippen molar-refractivity contribution < 1.29 is 14.3 Å². The Kier molecular flexibility index (Phi) is 5.05. The minimum Gasteiger partial charge on any atom is -0.493 e. The van der Waals surface area contributed by atoms with E-state index in [0.29, 0.717) is 24.6 Å². The van der Waals surface area contributed by atoms with Crippen LogP contribution in [0.3, 0.4) is 0 Å². The number of hydrogen-bond acceptors (Lipinski definition) is 5. The molecule has 28 heavy (non-hydrogen) atoms. The van der Waals surface area contributed by atoms with Gasteiger partial charge in [-0.3, -0.25) is 5.32 Å². The Morgan fingerprint density at radius 3 is 2.68 bits per heavy atom. The van der Waals surface area contributed by atoms with Crippen molar-refractivity contribution in [2.45, 2.75) is 12.5 Å². The van der Waals surface area contributed by atoms with Gasteiger partial charge in [-0.2, -0.15) is 0 Å². The summed E-state index contributed by atoms with van der Waals surface area (Å²) in [5.74, 6) is 1.83. The highest BCUT2D eigenvalue weighted by Crippen LogP contribution is 2.34. The van der Waals surface area contributed by atoms with Gasteiger partial charge in [0.05, 0.1) is 18.8 Å². The summed E-state index contributed by atoms with van der Waals surface area (Å²) in [4.78, 5) is 12.3. The maximum atomic E-state index is 12.3. The zero-order valence-electron chi connectivity index (χ0n) is 15.4. The zero-order valence-corrected chi connectivity index (χ0v) is 15.4. The number of carbonyl (C=O) groups is 1. The fourth-order valence-corrected chi connectivity index (χ4v) is 3.15. The molecule has 142 valence electrons. The average Bonchev–Trinajstić information content (AvgIpc) is 2.74. The van der Waals surface area contributed by atoms with Gasteiger partial charge in [-0.25, -0.2) is 4.79 Å². The van der Waals surface area contributed by atoms with Crippen LogP contribution in [-0.4, -0.2) is 36.0 Å². The molecule has 4 rings (SSSR count). The van der Waals surface area contributed by atoms with Crippen molar-refractivity contribution in [3.8, 4) is 22.8 Å². The lowest BCUT2D eigenvalue weighted by molar-refractivity contribution is 0.217. The fraction of sp³-hybridized carbons (Fsp3) is 0.190. The summed E-state index contributed by atoms with van der Waals surface area (Å²) in [5, 5.41) is 13.9. The minimum absolute atomic E-state index is 0.142. The number of ether oxygens (including phenoxy) is 2. The van der Waals surface area contributed by atoms with E-state index in [1.54, 1.807) is 13.2 Å². The number of fused-ring (bicyclic) bond motifs is 1. The number of benzene rings is 2. The Bertz CT molecular complexity index is 961. The Labute approximate surface area is 162 Å². The number of amides is 2. The van der Waals surface area contributed by atoms with Crippen molar-refractivity contribution in [2.24, 2.45) is 0 Å². The number of nitrogens with zero attached hydrogens (tertiary/aromatic N) is 2. The van der Waals surface area contributed by atoms with Crippen molar-refractivity contribution in [3.63, 3.8) is 0 Å². The lowest BCUT2D eigenvalue weighted by Gasteiger charge is -2.27. The number of urea groups is 1. The number of methoxy groups -OCH3 is 1. The Balaban J connectivity index is 1.36. The van der Waals surface area contributed by atoms with Gasteiger partial charge < -0.3 is 14.8 Å². The van der Waals surface area contributed by atoms with E-state index in [1.165, 1.54) is 0 Å². The second-order valence-corrected chi connectivity index (χ2v) is 6.43. The molecule has 1 aromatic heterocycles. The Hall–Kier alpha value is -3.61. The quantitative estimate of drug-likeness (QED) is 0.730. The predicted octanol–water partition coefficient (Wildman–Crippen LogP) is 3.28. The van der Waals surface area contributed by atoms with Crippen LogP contribution in [0.25, 0.3) is 11.3 Å². The number of rotatable bonds is 4. The summed E-state index contributed by atoms with van der Waals surface area (Å²) >= 11 is 0. The van der Waals surface area contributed by atoms with Crippen LogP contribution in [0, 0.1) is 0 Å².